The van der Waals surface area contributed by atoms with Crippen LogP contribution in [0, 0.1) is 6.92 Å². The first-order valence-corrected chi connectivity index (χ1v) is 17.1. The standard InChI is InChI=1S/C36H50N6O4S/c1-10-41-16-17-42(36(7,8)33(41)44)32(43)31-29(21-30(47-31)35(4,5)6)39-34(45)38-26-14-12-24(3)28(20-26)25-13-15-27(37-22-25)23-40(9)18-19-46-11-2/h12-15,20-22H,10-11,16-19,23H2,1-9H3,(H2,38,39,45). The molecule has 4 rings (SSSR count). The number of nitrogens with one attached hydrogen (secondary N) is 2. The molecule has 254 valence electrons. The summed E-state index contributed by atoms with van der Waals surface area (Å²) in [5.74, 6) is -0.340. The zero-order valence-corrected chi connectivity index (χ0v) is 30.1. The molecule has 2 N–H and O–H groups in total. The van der Waals surface area contributed by atoms with Crippen LogP contribution < -0.4 is 10.6 Å². The molecule has 11 heteroatoms. The molecule has 3 heterocycles. The van der Waals surface area contributed by atoms with Gasteiger partial charge in [-0.05, 0) is 82.5 Å². The van der Waals surface area contributed by atoms with Crippen molar-refractivity contribution in [3.05, 3.63) is 63.6 Å². The summed E-state index contributed by atoms with van der Waals surface area (Å²) in [5, 5.41) is 5.89. The van der Waals surface area contributed by atoms with Crippen molar-refractivity contribution in [3.63, 3.8) is 0 Å². The first-order valence-electron chi connectivity index (χ1n) is 16.3. The molecule has 10 nitrogen and oxygen atoms in total. The van der Waals surface area contributed by atoms with E-state index in [0.29, 0.717) is 49.1 Å². The number of carbonyl (C=O) groups excluding carboxylic acids is 3. The van der Waals surface area contributed by atoms with Gasteiger partial charge in [0, 0.05) is 61.7 Å². The third kappa shape index (κ3) is 8.57. The summed E-state index contributed by atoms with van der Waals surface area (Å²) in [7, 11) is 2.05. The van der Waals surface area contributed by atoms with E-state index < -0.39 is 11.6 Å². The van der Waals surface area contributed by atoms with Crippen LogP contribution in [0.1, 0.15) is 74.3 Å². The number of aromatic nitrogens is 1. The number of likely N-dealkylation sites (N-methyl/N-ethyl adjacent to an activating group) is 2. The number of urea groups is 1. The summed E-state index contributed by atoms with van der Waals surface area (Å²) in [4.78, 5) is 52.2. The Kier molecular flexibility index (Phi) is 11.5. The molecule has 1 saturated heterocycles. The predicted molar refractivity (Wildman–Crippen MR) is 190 cm³/mol. The van der Waals surface area contributed by atoms with Crippen molar-refractivity contribution >= 4 is 40.6 Å². The minimum Gasteiger partial charge on any atom is -0.380 e. The number of hydrogen-bond acceptors (Lipinski definition) is 7. The van der Waals surface area contributed by atoms with Crippen LogP contribution in [0.25, 0.3) is 11.1 Å². The molecule has 47 heavy (non-hydrogen) atoms. The molecule has 0 atom stereocenters. The van der Waals surface area contributed by atoms with Crippen molar-refractivity contribution < 1.29 is 19.1 Å². The zero-order valence-electron chi connectivity index (χ0n) is 29.3. The van der Waals surface area contributed by atoms with Crippen LogP contribution in [0.5, 0.6) is 0 Å². The number of amides is 4. The lowest BCUT2D eigenvalue weighted by Gasteiger charge is -2.45. The molecule has 0 saturated carbocycles. The van der Waals surface area contributed by atoms with Crippen molar-refractivity contribution in [1.29, 1.82) is 0 Å². The molecule has 0 radical (unpaired) electrons. The molecule has 1 aliphatic heterocycles. The third-order valence-electron chi connectivity index (χ3n) is 8.50. The molecule has 0 bridgehead atoms. The Hall–Kier alpha value is -3.80. The number of anilines is 2. The summed E-state index contributed by atoms with van der Waals surface area (Å²) in [6.45, 7) is 20.2. The SMILES string of the molecule is CCOCCN(C)Cc1ccc(-c2cc(NC(=O)Nc3cc(C(C)(C)C)sc3C(=O)N3CCN(CC)C(=O)C3(C)C)ccc2C)cn1. The van der Waals surface area contributed by atoms with Gasteiger partial charge < -0.3 is 25.2 Å². The van der Waals surface area contributed by atoms with Gasteiger partial charge in [0.1, 0.15) is 10.4 Å². The van der Waals surface area contributed by atoms with Crippen LogP contribution >= 0.6 is 11.3 Å². The van der Waals surface area contributed by atoms with E-state index in [-0.39, 0.29) is 17.2 Å². The Bertz CT molecular complexity index is 1580. The Balaban J connectivity index is 1.51. The van der Waals surface area contributed by atoms with E-state index in [1.54, 1.807) is 23.6 Å². The molecule has 3 aromatic rings. The first-order chi connectivity index (χ1) is 22.1. The predicted octanol–water partition coefficient (Wildman–Crippen LogP) is 6.61. The highest BCUT2D eigenvalue weighted by Crippen LogP contribution is 2.38. The second kappa shape index (κ2) is 15.0. The molecule has 0 aliphatic carbocycles. The first kappa shape index (κ1) is 36.0. The Morgan fingerprint density at radius 2 is 1.83 bits per heavy atom. The number of aryl methyl sites for hydroxylation is 1. The monoisotopic (exact) mass is 662 g/mol. The number of pyridine rings is 1. The van der Waals surface area contributed by atoms with Gasteiger partial charge in [0.2, 0.25) is 5.91 Å². The maximum atomic E-state index is 14.0. The van der Waals surface area contributed by atoms with E-state index in [0.717, 1.165) is 40.4 Å². The number of benzene rings is 1. The fourth-order valence-electron chi connectivity index (χ4n) is 5.59. The molecule has 4 amide bonds. The van der Waals surface area contributed by atoms with Crippen molar-refractivity contribution in [3.8, 4) is 11.1 Å². The molecular formula is C36H50N6O4S. The van der Waals surface area contributed by atoms with E-state index in [1.165, 1.54) is 11.3 Å². The highest BCUT2D eigenvalue weighted by Gasteiger charge is 2.45. The smallest absolute Gasteiger partial charge is 0.323 e. The van der Waals surface area contributed by atoms with Crippen molar-refractivity contribution in [1.82, 2.24) is 19.7 Å². The van der Waals surface area contributed by atoms with E-state index in [9.17, 15) is 14.4 Å². The number of nitrogens with zero attached hydrogens (tertiary/aromatic N) is 4. The molecule has 1 aliphatic rings. The van der Waals surface area contributed by atoms with Gasteiger partial charge in [-0.1, -0.05) is 32.9 Å². The van der Waals surface area contributed by atoms with Gasteiger partial charge in [-0.3, -0.25) is 19.5 Å². The van der Waals surface area contributed by atoms with E-state index in [2.05, 4.69) is 47.4 Å². The number of piperazine rings is 1. The van der Waals surface area contributed by atoms with Gasteiger partial charge >= 0.3 is 6.03 Å². The van der Waals surface area contributed by atoms with Crippen molar-refractivity contribution in [2.45, 2.75) is 72.9 Å². The summed E-state index contributed by atoms with van der Waals surface area (Å²) < 4.78 is 5.45. The van der Waals surface area contributed by atoms with Crippen LogP contribution in [0.4, 0.5) is 16.2 Å². The third-order valence-corrected chi connectivity index (χ3v) is 10.1. The maximum absolute atomic E-state index is 14.0. The average Bonchev–Trinajstić information content (AvgIpc) is 3.44. The Morgan fingerprint density at radius 1 is 1.09 bits per heavy atom. The second-order valence-corrected chi connectivity index (χ2v) is 14.6. The fourth-order valence-corrected chi connectivity index (χ4v) is 6.71. The topological polar surface area (TPSA) is 107 Å². The van der Waals surface area contributed by atoms with E-state index in [1.807, 2.05) is 64.3 Å². The highest BCUT2D eigenvalue weighted by molar-refractivity contribution is 7.14. The average molecular weight is 663 g/mol. The normalized spacial score (nSPS) is 14.9. The quantitative estimate of drug-likeness (QED) is 0.224. The van der Waals surface area contributed by atoms with Gasteiger partial charge in [0.25, 0.3) is 5.91 Å². The van der Waals surface area contributed by atoms with Gasteiger partial charge in [0.05, 0.1) is 18.0 Å². The minimum atomic E-state index is -0.998. The summed E-state index contributed by atoms with van der Waals surface area (Å²) in [5.41, 5.74) is 3.75. The summed E-state index contributed by atoms with van der Waals surface area (Å²) in [6.07, 6.45) is 1.86. The van der Waals surface area contributed by atoms with E-state index in [4.69, 9.17) is 4.74 Å². The molecule has 2 aromatic heterocycles. The molecule has 0 unspecified atom stereocenters. The second-order valence-electron chi connectivity index (χ2n) is 13.6. The van der Waals surface area contributed by atoms with Gasteiger partial charge in [-0.2, -0.15) is 0 Å². The Labute approximate surface area is 283 Å². The van der Waals surface area contributed by atoms with Crippen LogP contribution in [-0.4, -0.2) is 89.5 Å². The lowest BCUT2D eigenvalue weighted by atomic mass is 9.94. The summed E-state index contributed by atoms with van der Waals surface area (Å²) >= 11 is 1.36. The van der Waals surface area contributed by atoms with Gasteiger partial charge in [-0.25, -0.2) is 4.79 Å². The van der Waals surface area contributed by atoms with E-state index >= 15 is 0 Å². The maximum Gasteiger partial charge on any atom is 0.323 e. The molecule has 1 fully saturated rings. The molecule has 0 spiro atoms. The van der Waals surface area contributed by atoms with Crippen LogP contribution in [-0.2, 0) is 21.5 Å². The summed E-state index contributed by atoms with van der Waals surface area (Å²) in [6, 6.07) is 11.2. The number of ether oxygens (including phenoxy) is 1. The lowest BCUT2D eigenvalue weighted by Crippen LogP contribution is -2.64. The number of carbonyl (C=O) groups is 3. The molecular weight excluding hydrogens is 613 g/mol. The Morgan fingerprint density at radius 3 is 2.47 bits per heavy atom. The minimum absolute atomic E-state index is 0.0793. The lowest BCUT2D eigenvalue weighted by molar-refractivity contribution is -0.146. The van der Waals surface area contributed by atoms with Crippen LogP contribution in [0.3, 0.4) is 0 Å². The molecule has 1 aromatic carbocycles. The van der Waals surface area contributed by atoms with Crippen molar-refractivity contribution in [2.24, 2.45) is 0 Å². The van der Waals surface area contributed by atoms with Gasteiger partial charge in [0.15, 0.2) is 0 Å². The number of rotatable bonds is 11. The number of hydrogen-bond donors (Lipinski definition) is 2. The van der Waals surface area contributed by atoms with Crippen LogP contribution in [0.2, 0.25) is 0 Å². The van der Waals surface area contributed by atoms with Gasteiger partial charge in [-0.15, -0.1) is 11.3 Å². The van der Waals surface area contributed by atoms with Crippen molar-refractivity contribution in [2.75, 3.05) is 57.1 Å². The number of thiophene rings is 1. The van der Waals surface area contributed by atoms with Crippen LogP contribution in [0.15, 0.2) is 42.6 Å². The largest absolute Gasteiger partial charge is 0.380 e. The highest BCUT2D eigenvalue weighted by atomic mass is 32.1. The zero-order chi connectivity index (χ0) is 34.5. The fraction of sp³-hybridized carbons (Fsp3) is 0.500.